The molecule has 1 amide bonds. The second-order valence-corrected chi connectivity index (χ2v) is 4.74. The summed E-state index contributed by atoms with van der Waals surface area (Å²) in [5.74, 6) is -0.353. The summed E-state index contributed by atoms with van der Waals surface area (Å²) in [5.41, 5.74) is 1.54. The number of rotatable bonds is 3. The molecule has 3 N–H and O–H groups in total. The Morgan fingerprint density at radius 3 is 2.67 bits per heavy atom. The molecule has 3 rings (SSSR count). The minimum absolute atomic E-state index is 0.205. The second kappa shape index (κ2) is 5.84. The number of hydrogen-bond donors (Lipinski definition) is 3. The van der Waals surface area contributed by atoms with Crippen LogP contribution >= 0.6 is 0 Å². The van der Waals surface area contributed by atoms with Crippen molar-refractivity contribution in [2.45, 2.75) is 0 Å². The highest BCUT2D eigenvalue weighted by Crippen LogP contribution is 2.26. The molecule has 1 fully saturated rings. The molecule has 0 spiro atoms. The van der Waals surface area contributed by atoms with Crippen molar-refractivity contribution >= 4 is 17.3 Å². The first-order valence-corrected chi connectivity index (χ1v) is 6.75. The van der Waals surface area contributed by atoms with E-state index in [0.717, 1.165) is 18.8 Å². The monoisotopic (exact) mass is 288 g/mol. The Kier molecular flexibility index (Phi) is 3.74. The standard InChI is InChI=1S/C14H16N4O3/c19-13-9-11(16-17-13)14(20)15-10-3-1-2-4-12(10)18-5-7-21-8-6-18/h1-4,9H,5-8H2,(H,15,20)(H2,16,17,19). The van der Waals surface area contributed by atoms with E-state index >= 15 is 0 Å². The second-order valence-electron chi connectivity index (χ2n) is 4.74. The van der Waals surface area contributed by atoms with Gasteiger partial charge in [0.05, 0.1) is 24.6 Å². The molecule has 0 radical (unpaired) electrons. The quantitative estimate of drug-likeness (QED) is 0.779. The molecular formula is C14H16N4O3. The van der Waals surface area contributed by atoms with E-state index in [1.54, 1.807) is 0 Å². The number of benzene rings is 1. The highest BCUT2D eigenvalue weighted by atomic mass is 16.5. The number of aromatic amines is 2. The Morgan fingerprint density at radius 2 is 1.95 bits per heavy atom. The van der Waals surface area contributed by atoms with Gasteiger partial charge in [0.15, 0.2) is 0 Å². The molecule has 7 nitrogen and oxygen atoms in total. The van der Waals surface area contributed by atoms with Crippen molar-refractivity contribution < 1.29 is 9.53 Å². The molecule has 1 aliphatic heterocycles. The lowest BCUT2D eigenvalue weighted by Gasteiger charge is -2.30. The zero-order valence-corrected chi connectivity index (χ0v) is 11.4. The summed E-state index contributed by atoms with van der Waals surface area (Å²) < 4.78 is 5.34. The van der Waals surface area contributed by atoms with E-state index in [-0.39, 0.29) is 17.2 Å². The predicted octanol–water partition coefficient (Wildman–Crippen LogP) is 0.792. The predicted molar refractivity (Wildman–Crippen MR) is 78.8 cm³/mol. The van der Waals surface area contributed by atoms with E-state index in [0.29, 0.717) is 18.9 Å². The zero-order valence-electron chi connectivity index (χ0n) is 11.4. The van der Waals surface area contributed by atoms with Gasteiger partial charge in [0.2, 0.25) is 0 Å². The number of nitrogens with one attached hydrogen (secondary N) is 3. The normalized spacial score (nSPS) is 15.0. The Balaban J connectivity index is 1.81. The molecule has 1 aliphatic rings. The molecule has 7 heteroatoms. The number of anilines is 2. The van der Waals surface area contributed by atoms with Gasteiger partial charge in [0.25, 0.3) is 11.5 Å². The van der Waals surface area contributed by atoms with Gasteiger partial charge in [-0.05, 0) is 12.1 Å². The Hall–Kier alpha value is -2.54. The van der Waals surface area contributed by atoms with E-state index in [9.17, 15) is 9.59 Å². The number of hydrogen-bond acceptors (Lipinski definition) is 4. The summed E-state index contributed by atoms with van der Waals surface area (Å²) in [6.45, 7) is 2.92. The largest absolute Gasteiger partial charge is 0.378 e. The van der Waals surface area contributed by atoms with Gasteiger partial charge in [-0.25, -0.2) is 0 Å². The number of aromatic nitrogens is 2. The van der Waals surface area contributed by atoms with Gasteiger partial charge in [-0.2, -0.15) is 0 Å². The first-order chi connectivity index (χ1) is 10.2. The van der Waals surface area contributed by atoms with E-state index in [1.165, 1.54) is 6.07 Å². The number of para-hydroxylation sites is 2. The van der Waals surface area contributed by atoms with Crippen molar-refractivity contribution in [1.29, 1.82) is 0 Å². The van der Waals surface area contributed by atoms with Gasteiger partial charge in [0.1, 0.15) is 5.69 Å². The third kappa shape index (κ3) is 2.97. The lowest BCUT2D eigenvalue weighted by Crippen LogP contribution is -2.36. The topological polar surface area (TPSA) is 90.2 Å². The molecule has 0 atom stereocenters. The molecule has 1 aromatic heterocycles. The van der Waals surface area contributed by atoms with E-state index in [2.05, 4.69) is 20.4 Å². The van der Waals surface area contributed by atoms with Gasteiger partial charge in [-0.3, -0.25) is 19.8 Å². The molecule has 0 unspecified atom stereocenters. The van der Waals surface area contributed by atoms with Crippen molar-refractivity contribution in [3.8, 4) is 0 Å². The van der Waals surface area contributed by atoms with Gasteiger partial charge < -0.3 is 15.0 Å². The molecule has 0 bridgehead atoms. The Labute approximate surface area is 120 Å². The van der Waals surface area contributed by atoms with Crippen LogP contribution in [0.25, 0.3) is 0 Å². The first-order valence-electron chi connectivity index (χ1n) is 6.75. The van der Waals surface area contributed by atoms with Crippen LogP contribution in [0.5, 0.6) is 0 Å². The molecule has 1 aromatic carbocycles. The fourth-order valence-corrected chi connectivity index (χ4v) is 2.30. The third-order valence-electron chi connectivity index (χ3n) is 3.34. The zero-order chi connectivity index (χ0) is 14.7. The number of morpholine rings is 1. The SMILES string of the molecule is O=C(Nc1ccccc1N1CCOCC1)c1cc(=O)[nH][nH]1. The average Bonchev–Trinajstić information content (AvgIpc) is 2.95. The minimum atomic E-state index is -0.353. The maximum atomic E-state index is 12.1. The first kappa shape index (κ1) is 13.4. The van der Waals surface area contributed by atoms with Crippen LogP contribution in [0.2, 0.25) is 0 Å². The number of H-pyrrole nitrogens is 2. The molecule has 0 aliphatic carbocycles. The van der Waals surface area contributed by atoms with Crippen LogP contribution in [0.15, 0.2) is 35.1 Å². The van der Waals surface area contributed by atoms with Crippen LogP contribution in [0.3, 0.4) is 0 Å². The third-order valence-corrected chi connectivity index (χ3v) is 3.34. The molecular weight excluding hydrogens is 272 g/mol. The highest BCUT2D eigenvalue weighted by molar-refractivity contribution is 6.04. The van der Waals surface area contributed by atoms with Gasteiger partial charge in [-0.15, -0.1) is 0 Å². The average molecular weight is 288 g/mol. The molecule has 21 heavy (non-hydrogen) atoms. The summed E-state index contributed by atoms with van der Waals surface area (Å²) in [5, 5.41) is 7.71. The van der Waals surface area contributed by atoms with Crippen molar-refractivity contribution in [2.75, 3.05) is 36.5 Å². The Morgan fingerprint density at radius 1 is 1.19 bits per heavy atom. The van der Waals surface area contributed by atoms with Crippen LogP contribution in [0.4, 0.5) is 11.4 Å². The van der Waals surface area contributed by atoms with Gasteiger partial charge in [0, 0.05) is 19.2 Å². The summed E-state index contributed by atoms with van der Waals surface area (Å²) in [4.78, 5) is 25.4. The summed E-state index contributed by atoms with van der Waals surface area (Å²) in [6.07, 6.45) is 0. The number of carbonyl (C=O) groups excluding carboxylic acids is 1. The van der Waals surface area contributed by atoms with Crippen LogP contribution in [-0.4, -0.2) is 42.4 Å². The van der Waals surface area contributed by atoms with Crippen LogP contribution in [0.1, 0.15) is 10.5 Å². The van der Waals surface area contributed by atoms with E-state index in [4.69, 9.17) is 4.74 Å². The molecule has 2 heterocycles. The molecule has 2 aromatic rings. The van der Waals surface area contributed by atoms with Crippen molar-refractivity contribution in [2.24, 2.45) is 0 Å². The van der Waals surface area contributed by atoms with Gasteiger partial charge >= 0.3 is 0 Å². The Bertz CT molecular complexity index is 685. The fourth-order valence-electron chi connectivity index (χ4n) is 2.30. The summed E-state index contributed by atoms with van der Waals surface area (Å²) >= 11 is 0. The molecule has 1 saturated heterocycles. The van der Waals surface area contributed by atoms with Crippen LogP contribution in [0, 0.1) is 0 Å². The maximum absolute atomic E-state index is 12.1. The summed E-state index contributed by atoms with van der Waals surface area (Å²) in [7, 11) is 0. The highest BCUT2D eigenvalue weighted by Gasteiger charge is 2.16. The van der Waals surface area contributed by atoms with E-state index < -0.39 is 0 Å². The molecule has 0 saturated carbocycles. The van der Waals surface area contributed by atoms with Gasteiger partial charge in [-0.1, -0.05) is 12.1 Å². The van der Waals surface area contributed by atoms with Crippen molar-refractivity contribution in [3.63, 3.8) is 0 Å². The number of carbonyl (C=O) groups is 1. The van der Waals surface area contributed by atoms with Crippen molar-refractivity contribution in [1.82, 2.24) is 10.2 Å². The fraction of sp³-hybridized carbons (Fsp3) is 0.286. The maximum Gasteiger partial charge on any atom is 0.273 e. The lowest BCUT2D eigenvalue weighted by molar-refractivity contribution is 0.102. The van der Waals surface area contributed by atoms with Crippen LogP contribution < -0.4 is 15.8 Å². The number of ether oxygens (including phenoxy) is 1. The smallest absolute Gasteiger partial charge is 0.273 e. The van der Waals surface area contributed by atoms with E-state index in [1.807, 2.05) is 24.3 Å². The summed E-state index contributed by atoms with van der Waals surface area (Å²) in [6, 6.07) is 8.82. The number of amides is 1. The minimum Gasteiger partial charge on any atom is -0.378 e. The number of nitrogens with zero attached hydrogens (tertiary/aromatic N) is 1. The lowest BCUT2D eigenvalue weighted by atomic mass is 10.2. The van der Waals surface area contributed by atoms with Crippen LogP contribution in [-0.2, 0) is 4.74 Å². The molecule has 110 valence electrons. The van der Waals surface area contributed by atoms with Crippen molar-refractivity contribution in [3.05, 3.63) is 46.4 Å².